The number of aryl methyl sites for hydroxylation is 3. The van der Waals surface area contributed by atoms with Gasteiger partial charge in [-0.2, -0.15) is 4.98 Å². The topological polar surface area (TPSA) is 69.9 Å². The van der Waals surface area contributed by atoms with Gasteiger partial charge in [0.2, 0.25) is 5.88 Å². The SMILES string of the molecule is Cc1ccc(-c2nc(C(C)(C)C)ncc2C)cc1-n1c(C)nc(OCc2ccc(F)cc2)c(Br)c1=O. The van der Waals surface area contributed by atoms with Crippen molar-refractivity contribution in [3.8, 4) is 22.8 Å². The highest BCUT2D eigenvalue weighted by Crippen LogP contribution is 2.29. The smallest absolute Gasteiger partial charge is 0.276 e. The first kappa shape index (κ1) is 25.7. The fourth-order valence-electron chi connectivity index (χ4n) is 3.79. The maximum atomic E-state index is 13.4. The number of aromatic nitrogens is 4. The van der Waals surface area contributed by atoms with Crippen LogP contribution in [-0.4, -0.2) is 19.5 Å². The van der Waals surface area contributed by atoms with Crippen molar-refractivity contribution < 1.29 is 9.13 Å². The van der Waals surface area contributed by atoms with E-state index in [2.05, 4.69) is 46.7 Å². The maximum absolute atomic E-state index is 13.4. The highest BCUT2D eigenvalue weighted by atomic mass is 79.9. The molecule has 2 aromatic carbocycles. The van der Waals surface area contributed by atoms with E-state index in [4.69, 9.17) is 9.72 Å². The van der Waals surface area contributed by atoms with Gasteiger partial charge in [0.05, 0.1) is 11.4 Å². The van der Waals surface area contributed by atoms with Gasteiger partial charge in [-0.1, -0.05) is 45.0 Å². The van der Waals surface area contributed by atoms with Gasteiger partial charge in [-0.05, 0) is 71.6 Å². The molecule has 0 N–H and O–H groups in total. The lowest BCUT2D eigenvalue weighted by atomic mass is 9.95. The monoisotopic (exact) mass is 550 g/mol. The van der Waals surface area contributed by atoms with Gasteiger partial charge in [0, 0.05) is 17.2 Å². The molecule has 4 rings (SSSR count). The third-order valence-electron chi connectivity index (χ3n) is 5.82. The van der Waals surface area contributed by atoms with Crippen LogP contribution in [0, 0.1) is 26.6 Å². The minimum Gasteiger partial charge on any atom is -0.472 e. The molecule has 4 aromatic rings. The Morgan fingerprint density at radius 1 is 1.00 bits per heavy atom. The van der Waals surface area contributed by atoms with Crippen LogP contribution in [0.2, 0.25) is 0 Å². The molecule has 0 radical (unpaired) electrons. The van der Waals surface area contributed by atoms with E-state index in [1.165, 1.54) is 12.1 Å². The predicted octanol–water partition coefficient (Wildman–Crippen LogP) is 6.39. The van der Waals surface area contributed by atoms with E-state index in [1.807, 2.05) is 38.2 Å². The van der Waals surface area contributed by atoms with Crippen LogP contribution in [-0.2, 0) is 12.0 Å². The van der Waals surface area contributed by atoms with Gasteiger partial charge in [-0.15, -0.1) is 0 Å². The Hall–Kier alpha value is -3.39. The number of ether oxygens (including phenoxy) is 1. The van der Waals surface area contributed by atoms with Gasteiger partial charge in [0.1, 0.15) is 28.5 Å². The molecule has 0 aliphatic heterocycles. The highest BCUT2D eigenvalue weighted by Gasteiger charge is 2.21. The number of benzene rings is 2. The van der Waals surface area contributed by atoms with Crippen LogP contribution in [0.4, 0.5) is 4.39 Å². The normalized spacial score (nSPS) is 11.6. The lowest BCUT2D eigenvalue weighted by molar-refractivity contribution is 0.289. The third-order valence-corrected chi connectivity index (χ3v) is 6.50. The molecule has 0 amide bonds. The van der Waals surface area contributed by atoms with Gasteiger partial charge in [-0.25, -0.2) is 14.4 Å². The lowest BCUT2D eigenvalue weighted by Crippen LogP contribution is -2.24. The quantitative estimate of drug-likeness (QED) is 0.288. The maximum Gasteiger partial charge on any atom is 0.276 e. The van der Waals surface area contributed by atoms with Crippen LogP contribution in [0.1, 0.15) is 49.1 Å². The molecule has 0 spiro atoms. The van der Waals surface area contributed by atoms with Crippen molar-refractivity contribution in [3.05, 3.63) is 97.6 Å². The second-order valence-electron chi connectivity index (χ2n) is 9.81. The molecule has 0 aliphatic rings. The molecular formula is C28H28BrFN4O2. The number of nitrogens with zero attached hydrogens (tertiary/aromatic N) is 4. The Labute approximate surface area is 218 Å². The minimum atomic E-state index is -0.319. The number of hydrogen-bond acceptors (Lipinski definition) is 5. The Kier molecular flexibility index (Phi) is 7.09. The van der Waals surface area contributed by atoms with E-state index in [-0.39, 0.29) is 33.8 Å². The van der Waals surface area contributed by atoms with E-state index >= 15 is 0 Å². The molecular weight excluding hydrogens is 523 g/mol. The molecule has 0 unspecified atom stereocenters. The van der Waals surface area contributed by atoms with Gasteiger partial charge < -0.3 is 4.74 Å². The number of halogens is 2. The van der Waals surface area contributed by atoms with Gasteiger partial charge in [0.25, 0.3) is 5.56 Å². The lowest BCUT2D eigenvalue weighted by Gasteiger charge is -2.19. The first-order valence-electron chi connectivity index (χ1n) is 11.6. The molecule has 6 nitrogen and oxygen atoms in total. The van der Waals surface area contributed by atoms with Crippen molar-refractivity contribution in [1.29, 1.82) is 0 Å². The number of hydrogen-bond donors (Lipinski definition) is 0. The second kappa shape index (κ2) is 9.93. The van der Waals surface area contributed by atoms with E-state index in [0.29, 0.717) is 11.5 Å². The van der Waals surface area contributed by atoms with Gasteiger partial charge >= 0.3 is 0 Å². The van der Waals surface area contributed by atoms with Crippen molar-refractivity contribution in [2.45, 2.75) is 53.6 Å². The van der Waals surface area contributed by atoms with Gasteiger partial charge in [-0.3, -0.25) is 9.36 Å². The standard InChI is InChI=1S/C28H28BrFN4O2/c1-16-7-10-20(24-17(2)14-31-27(33-24)28(4,5)6)13-22(16)34-18(3)32-25(23(29)26(34)35)36-15-19-8-11-21(30)12-9-19/h7-14H,15H2,1-6H3. The third kappa shape index (κ3) is 5.23. The van der Waals surface area contributed by atoms with E-state index in [9.17, 15) is 9.18 Å². The van der Waals surface area contributed by atoms with Crippen molar-refractivity contribution in [1.82, 2.24) is 19.5 Å². The average molecular weight is 551 g/mol. The molecule has 2 heterocycles. The van der Waals surface area contributed by atoms with Crippen LogP contribution in [0.15, 0.2) is 57.9 Å². The highest BCUT2D eigenvalue weighted by molar-refractivity contribution is 9.10. The summed E-state index contributed by atoms with van der Waals surface area (Å²) in [6.07, 6.45) is 1.84. The molecule has 2 aromatic heterocycles. The summed E-state index contributed by atoms with van der Waals surface area (Å²) in [6, 6.07) is 11.9. The van der Waals surface area contributed by atoms with Crippen LogP contribution >= 0.6 is 15.9 Å². The summed E-state index contributed by atoms with van der Waals surface area (Å²) in [7, 11) is 0. The van der Waals surface area contributed by atoms with Crippen LogP contribution in [0.25, 0.3) is 16.9 Å². The first-order valence-corrected chi connectivity index (χ1v) is 12.4. The Morgan fingerprint density at radius 3 is 2.36 bits per heavy atom. The summed E-state index contributed by atoms with van der Waals surface area (Å²) in [5.74, 6) is 1.10. The van der Waals surface area contributed by atoms with Gasteiger partial charge in [0.15, 0.2) is 0 Å². The van der Waals surface area contributed by atoms with Crippen LogP contribution in [0.5, 0.6) is 5.88 Å². The summed E-state index contributed by atoms with van der Waals surface area (Å²) in [5.41, 5.74) is 4.59. The van der Waals surface area contributed by atoms with E-state index in [1.54, 1.807) is 23.6 Å². The fourth-order valence-corrected chi connectivity index (χ4v) is 4.17. The number of rotatable bonds is 5. The molecule has 0 saturated heterocycles. The molecule has 8 heteroatoms. The van der Waals surface area contributed by atoms with E-state index in [0.717, 1.165) is 33.8 Å². The molecule has 0 fully saturated rings. The van der Waals surface area contributed by atoms with Crippen LogP contribution < -0.4 is 10.3 Å². The summed E-state index contributed by atoms with van der Waals surface area (Å²) in [5, 5.41) is 0. The zero-order chi connectivity index (χ0) is 26.2. The van der Waals surface area contributed by atoms with Crippen molar-refractivity contribution in [2.75, 3.05) is 0 Å². The summed E-state index contributed by atoms with van der Waals surface area (Å²) in [6.45, 7) is 12.1. The van der Waals surface area contributed by atoms with Crippen molar-refractivity contribution in [3.63, 3.8) is 0 Å². The molecule has 0 bridgehead atoms. The Bertz CT molecular complexity index is 1490. The molecule has 186 valence electrons. The van der Waals surface area contributed by atoms with Crippen molar-refractivity contribution in [2.24, 2.45) is 0 Å². The summed E-state index contributed by atoms with van der Waals surface area (Å²) in [4.78, 5) is 27.3. The van der Waals surface area contributed by atoms with Crippen molar-refractivity contribution >= 4 is 15.9 Å². The fraction of sp³-hybridized carbons (Fsp3) is 0.286. The Balaban J connectivity index is 1.75. The molecule has 36 heavy (non-hydrogen) atoms. The van der Waals surface area contributed by atoms with E-state index < -0.39 is 0 Å². The average Bonchev–Trinajstić information content (AvgIpc) is 2.82. The zero-order valence-corrected chi connectivity index (χ0v) is 22.8. The summed E-state index contributed by atoms with van der Waals surface area (Å²) >= 11 is 3.38. The summed E-state index contributed by atoms with van der Waals surface area (Å²) < 4.78 is 20.7. The largest absolute Gasteiger partial charge is 0.472 e. The molecule has 0 atom stereocenters. The molecule has 0 aliphatic carbocycles. The zero-order valence-electron chi connectivity index (χ0n) is 21.2. The van der Waals surface area contributed by atoms with Crippen LogP contribution in [0.3, 0.4) is 0 Å². The second-order valence-corrected chi connectivity index (χ2v) is 10.6. The minimum absolute atomic E-state index is 0.159. The first-order chi connectivity index (χ1) is 17.0. The predicted molar refractivity (Wildman–Crippen MR) is 142 cm³/mol. The Morgan fingerprint density at radius 2 is 1.69 bits per heavy atom. The molecule has 0 saturated carbocycles.